The van der Waals surface area contributed by atoms with Crippen LogP contribution in [0.5, 0.6) is 0 Å². The number of anilines is 1. The molecule has 6 heteroatoms. The molecule has 26 heavy (non-hydrogen) atoms. The number of nitrogens with one attached hydrogen (secondary N) is 1. The molecule has 0 bridgehead atoms. The van der Waals surface area contributed by atoms with Crippen molar-refractivity contribution in [3.05, 3.63) is 65.2 Å². The van der Waals surface area contributed by atoms with Gasteiger partial charge in [0.05, 0.1) is 16.9 Å². The second kappa shape index (κ2) is 8.19. The Morgan fingerprint density at radius 1 is 1.00 bits per heavy atom. The molecule has 1 aliphatic heterocycles. The molecule has 0 saturated heterocycles. The fourth-order valence-electron chi connectivity index (χ4n) is 2.90. The van der Waals surface area contributed by atoms with Crippen LogP contribution in [0.25, 0.3) is 0 Å². The first-order valence-corrected chi connectivity index (χ1v) is 9.68. The van der Waals surface area contributed by atoms with Gasteiger partial charge in [0.25, 0.3) is 11.8 Å². The lowest BCUT2D eigenvalue weighted by atomic mass is 10.1. The third-order valence-corrected chi connectivity index (χ3v) is 5.18. The Bertz CT molecular complexity index is 815. The van der Waals surface area contributed by atoms with Gasteiger partial charge in [0.2, 0.25) is 5.91 Å². The molecule has 2 aromatic rings. The Balaban J connectivity index is 1.47. The number of carbonyl (C=O) groups excluding carboxylic acids is 3. The molecule has 0 unspecified atom stereocenters. The monoisotopic (exact) mass is 368 g/mol. The molecule has 1 aliphatic rings. The highest BCUT2D eigenvalue weighted by molar-refractivity contribution is 7.99. The molecule has 0 atom stereocenters. The van der Waals surface area contributed by atoms with Crippen molar-refractivity contribution in [1.82, 2.24) is 4.90 Å². The van der Waals surface area contributed by atoms with E-state index >= 15 is 0 Å². The lowest BCUT2D eigenvalue weighted by Gasteiger charge is -2.13. The first kappa shape index (κ1) is 18.2. The topological polar surface area (TPSA) is 66.5 Å². The highest BCUT2D eigenvalue weighted by Gasteiger charge is 2.34. The molecule has 0 spiro atoms. The number of imide groups is 1. The fraction of sp³-hybridized carbons (Fsp3) is 0.250. The molecule has 0 aromatic heterocycles. The molecule has 5 nitrogen and oxygen atoms in total. The maximum atomic E-state index is 12.3. The smallest absolute Gasteiger partial charge is 0.261 e. The van der Waals surface area contributed by atoms with Crippen LogP contribution in [0.3, 0.4) is 0 Å². The number of thioether (sulfide) groups is 1. The number of hydrogen-bond acceptors (Lipinski definition) is 4. The standard InChI is InChI=1S/C20H20N2O3S/c1-2-14-7-3-6-10-17(14)21-18(23)13-26-12-11-22-19(24)15-8-4-5-9-16(15)20(22)25/h3-10H,2,11-13H2,1H3,(H,21,23). The summed E-state index contributed by atoms with van der Waals surface area (Å²) in [6.07, 6.45) is 0.851. The van der Waals surface area contributed by atoms with Gasteiger partial charge < -0.3 is 5.32 Å². The van der Waals surface area contributed by atoms with E-state index in [0.29, 0.717) is 23.4 Å². The summed E-state index contributed by atoms with van der Waals surface area (Å²) in [6, 6.07) is 14.6. The Morgan fingerprint density at radius 2 is 1.62 bits per heavy atom. The number of amides is 3. The van der Waals surface area contributed by atoms with Crippen molar-refractivity contribution in [2.24, 2.45) is 0 Å². The summed E-state index contributed by atoms with van der Waals surface area (Å²) in [5.74, 6) is 0.202. The van der Waals surface area contributed by atoms with Gasteiger partial charge in [0.15, 0.2) is 0 Å². The molecule has 0 saturated carbocycles. The van der Waals surface area contributed by atoms with E-state index in [9.17, 15) is 14.4 Å². The number of nitrogens with zero attached hydrogens (tertiary/aromatic N) is 1. The summed E-state index contributed by atoms with van der Waals surface area (Å²) >= 11 is 1.41. The van der Waals surface area contributed by atoms with Crippen LogP contribution >= 0.6 is 11.8 Å². The van der Waals surface area contributed by atoms with E-state index in [0.717, 1.165) is 17.7 Å². The van der Waals surface area contributed by atoms with Gasteiger partial charge in [0, 0.05) is 18.0 Å². The zero-order valence-electron chi connectivity index (χ0n) is 14.5. The van der Waals surface area contributed by atoms with Crippen LogP contribution in [0.4, 0.5) is 5.69 Å². The Morgan fingerprint density at radius 3 is 2.27 bits per heavy atom. The van der Waals surface area contributed by atoms with E-state index < -0.39 is 0 Å². The molecule has 0 aliphatic carbocycles. The third-order valence-electron chi connectivity index (χ3n) is 4.24. The van der Waals surface area contributed by atoms with Crippen LogP contribution in [0.2, 0.25) is 0 Å². The van der Waals surface area contributed by atoms with Crippen molar-refractivity contribution in [2.75, 3.05) is 23.4 Å². The number of fused-ring (bicyclic) bond motifs is 1. The van der Waals surface area contributed by atoms with E-state index in [2.05, 4.69) is 5.32 Å². The third kappa shape index (κ3) is 3.80. The van der Waals surface area contributed by atoms with Crippen LogP contribution in [-0.2, 0) is 11.2 Å². The second-order valence-electron chi connectivity index (χ2n) is 5.92. The van der Waals surface area contributed by atoms with Gasteiger partial charge >= 0.3 is 0 Å². The van der Waals surface area contributed by atoms with Crippen LogP contribution in [0.1, 0.15) is 33.2 Å². The van der Waals surface area contributed by atoms with Crippen molar-refractivity contribution < 1.29 is 14.4 Å². The molecule has 1 heterocycles. The summed E-state index contributed by atoms with van der Waals surface area (Å²) in [4.78, 5) is 37.9. The zero-order valence-corrected chi connectivity index (χ0v) is 15.3. The van der Waals surface area contributed by atoms with E-state index in [1.165, 1.54) is 16.7 Å². The number of aryl methyl sites for hydroxylation is 1. The average molecular weight is 368 g/mol. The molecule has 3 amide bonds. The van der Waals surface area contributed by atoms with Crippen LogP contribution in [0.15, 0.2) is 48.5 Å². The maximum Gasteiger partial charge on any atom is 0.261 e. The van der Waals surface area contributed by atoms with Crippen molar-refractivity contribution >= 4 is 35.2 Å². The maximum absolute atomic E-state index is 12.3. The lowest BCUT2D eigenvalue weighted by Crippen LogP contribution is -2.32. The van der Waals surface area contributed by atoms with Gasteiger partial charge in [-0.2, -0.15) is 11.8 Å². The predicted molar refractivity (Wildman–Crippen MR) is 104 cm³/mol. The molecule has 0 radical (unpaired) electrons. The highest BCUT2D eigenvalue weighted by Crippen LogP contribution is 2.22. The number of rotatable bonds is 7. The molecule has 1 N–H and O–H groups in total. The van der Waals surface area contributed by atoms with E-state index in [4.69, 9.17) is 0 Å². The molecule has 0 fully saturated rings. The fourth-order valence-corrected chi connectivity index (χ4v) is 3.61. The molecule has 134 valence electrons. The molecule has 2 aromatic carbocycles. The number of para-hydroxylation sites is 1. The second-order valence-corrected chi connectivity index (χ2v) is 7.02. The van der Waals surface area contributed by atoms with E-state index in [1.807, 2.05) is 31.2 Å². The summed E-state index contributed by atoms with van der Waals surface area (Å²) in [5, 5.41) is 2.91. The van der Waals surface area contributed by atoms with Gasteiger partial charge in [-0.05, 0) is 30.2 Å². The SMILES string of the molecule is CCc1ccccc1NC(=O)CSCCN1C(=O)c2ccccc2C1=O. The lowest BCUT2D eigenvalue weighted by molar-refractivity contribution is -0.113. The first-order valence-electron chi connectivity index (χ1n) is 8.52. The normalized spacial score (nSPS) is 13.0. The minimum absolute atomic E-state index is 0.0849. The first-order chi connectivity index (χ1) is 12.6. The van der Waals surface area contributed by atoms with Crippen molar-refractivity contribution in [3.8, 4) is 0 Å². The molecule has 3 rings (SSSR count). The number of carbonyl (C=O) groups is 3. The summed E-state index contributed by atoms with van der Waals surface area (Å²) in [7, 11) is 0. The van der Waals surface area contributed by atoms with Gasteiger partial charge in [-0.15, -0.1) is 0 Å². The minimum Gasteiger partial charge on any atom is -0.325 e. The van der Waals surface area contributed by atoms with Gasteiger partial charge in [-0.3, -0.25) is 19.3 Å². The Hall–Kier alpha value is -2.60. The average Bonchev–Trinajstić information content (AvgIpc) is 2.90. The van der Waals surface area contributed by atoms with Gasteiger partial charge in [-0.25, -0.2) is 0 Å². The minimum atomic E-state index is -0.257. The summed E-state index contributed by atoms with van der Waals surface area (Å²) in [6.45, 7) is 2.34. The highest BCUT2D eigenvalue weighted by atomic mass is 32.2. The van der Waals surface area contributed by atoms with Crippen molar-refractivity contribution in [1.29, 1.82) is 0 Å². The number of hydrogen-bond donors (Lipinski definition) is 1. The Kier molecular flexibility index (Phi) is 5.73. The number of benzene rings is 2. The quantitative estimate of drug-likeness (QED) is 0.602. The van der Waals surface area contributed by atoms with Crippen LogP contribution in [0, 0.1) is 0 Å². The van der Waals surface area contributed by atoms with E-state index in [-0.39, 0.29) is 23.5 Å². The zero-order chi connectivity index (χ0) is 18.5. The summed E-state index contributed by atoms with van der Waals surface area (Å²) < 4.78 is 0. The van der Waals surface area contributed by atoms with E-state index in [1.54, 1.807) is 24.3 Å². The van der Waals surface area contributed by atoms with Crippen molar-refractivity contribution in [2.45, 2.75) is 13.3 Å². The van der Waals surface area contributed by atoms with Crippen molar-refractivity contribution in [3.63, 3.8) is 0 Å². The molecular formula is C20H20N2O3S. The molecular weight excluding hydrogens is 348 g/mol. The van der Waals surface area contributed by atoms with Gasteiger partial charge in [-0.1, -0.05) is 37.3 Å². The largest absolute Gasteiger partial charge is 0.325 e. The predicted octanol–water partition coefficient (Wildman–Crippen LogP) is 3.22. The van der Waals surface area contributed by atoms with Crippen LogP contribution < -0.4 is 5.32 Å². The van der Waals surface area contributed by atoms with Crippen LogP contribution in [-0.4, -0.2) is 40.7 Å². The summed E-state index contributed by atoms with van der Waals surface area (Å²) in [5.41, 5.74) is 2.84. The Labute approximate surface area is 156 Å². The van der Waals surface area contributed by atoms with Gasteiger partial charge in [0.1, 0.15) is 0 Å².